The summed E-state index contributed by atoms with van der Waals surface area (Å²) in [6.07, 6.45) is 0.819. The minimum atomic E-state index is -0.280. The number of hydrogen-bond acceptors (Lipinski definition) is 3. The Bertz CT molecular complexity index is 953. The van der Waals surface area contributed by atoms with Gasteiger partial charge in [-0.15, -0.1) is 0 Å². The van der Waals surface area contributed by atoms with Crippen molar-refractivity contribution in [1.82, 2.24) is 5.32 Å². The molecule has 0 spiro atoms. The van der Waals surface area contributed by atoms with Crippen molar-refractivity contribution in [3.8, 4) is 5.75 Å². The quantitative estimate of drug-likeness (QED) is 0.604. The van der Waals surface area contributed by atoms with Crippen LogP contribution in [-0.4, -0.2) is 25.0 Å². The lowest BCUT2D eigenvalue weighted by atomic mass is 10.1. The average Bonchev–Trinajstić information content (AvgIpc) is 2.75. The third-order valence-corrected chi connectivity index (χ3v) is 4.38. The van der Waals surface area contributed by atoms with Gasteiger partial charge in [-0.25, -0.2) is 0 Å². The highest BCUT2D eigenvalue weighted by Gasteiger charge is 2.13. The Hall–Kier alpha value is -3.60. The van der Waals surface area contributed by atoms with Gasteiger partial charge in [0.25, 0.3) is 11.8 Å². The van der Waals surface area contributed by atoms with Crippen molar-refractivity contribution in [3.63, 3.8) is 0 Å². The molecule has 148 valence electrons. The predicted molar refractivity (Wildman–Crippen MR) is 114 cm³/mol. The van der Waals surface area contributed by atoms with Gasteiger partial charge in [-0.2, -0.15) is 0 Å². The van der Waals surface area contributed by atoms with E-state index in [4.69, 9.17) is 4.74 Å². The number of para-hydroxylation sites is 1. The monoisotopic (exact) mass is 388 g/mol. The van der Waals surface area contributed by atoms with Crippen molar-refractivity contribution in [2.24, 2.45) is 0 Å². The predicted octanol–water partition coefficient (Wildman–Crippen LogP) is 4.31. The highest BCUT2D eigenvalue weighted by Crippen LogP contribution is 2.18. The number of rotatable bonds is 8. The van der Waals surface area contributed by atoms with Gasteiger partial charge in [0.05, 0.1) is 17.9 Å². The molecule has 3 aromatic rings. The van der Waals surface area contributed by atoms with Crippen LogP contribution in [0.25, 0.3) is 0 Å². The van der Waals surface area contributed by atoms with Crippen LogP contribution in [0.15, 0.2) is 78.9 Å². The summed E-state index contributed by atoms with van der Waals surface area (Å²) in [5, 5.41) is 5.56. The lowest BCUT2D eigenvalue weighted by Gasteiger charge is -2.11. The van der Waals surface area contributed by atoms with E-state index in [1.807, 2.05) is 25.1 Å². The Morgan fingerprint density at radius 2 is 1.52 bits per heavy atom. The summed E-state index contributed by atoms with van der Waals surface area (Å²) in [5.41, 5.74) is 2.62. The molecule has 0 aliphatic carbocycles. The van der Waals surface area contributed by atoms with Crippen LogP contribution in [0.1, 0.15) is 33.2 Å². The standard InChI is InChI=1S/C24H24N2O3/c1-2-25-24(28)21-10-6-7-11-22(21)26-23(27)19-12-14-20(15-13-19)29-17-16-18-8-4-3-5-9-18/h3-15H,2,16-17H2,1H3,(H,25,28)(H,26,27). The molecule has 0 saturated heterocycles. The van der Waals surface area contributed by atoms with E-state index in [1.54, 1.807) is 48.5 Å². The van der Waals surface area contributed by atoms with Gasteiger partial charge in [0.15, 0.2) is 0 Å². The van der Waals surface area contributed by atoms with Gasteiger partial charge in [0, 0.05) is 18.5 Å². The Labute approximate surface area is 170 Å². The van der Waals surface area contributed by atoms with Gasteiger partial charge in [0.1, 0.15) is 5.75 Å². The normalized spacial score (nSPS) is 10.2. The van der Waals surface area contributed by atoms with Crippen molar-refractivity contribution < 1.29 is 14.3 Å². The van der Waals surface area contributed by atoms with Crippen LogP contribution in [0.4, 0.5) is 5.69 Å². The fourth-order valence-corrected chi connectivity index (χ4v) is 2.87. The minimum absolute atomic E-state index is 0.217. The van der Waals surface area contributed by atoms with Crippen LogP contribution < -0.4 is 15.4 Å². The summed E-state index contributed by atoms with van der Waals surface area (Å²) >= 11 is 0. The van der Waals surface area contributed by atoms with Gasteiger partial charge in [-0.3, -0.25) is 9.59 Å². The van der Waals surface area contributed by atoms with Gasteiger partial charge in [0.2, 0.25) is 0 Å². The molecular formula is C24H24N2O3. The average molecular weight is 388 g/mol. The molecule has 0 heterocycles. The zero-order valence-corrected chi connectivity index (χ0v) is 16.4. The first kappa shape index (κ1) is 20.1. The number of carbonyl (C=O) groups is 2. The topological polar surface area (TPSA) is 67.4 Å². The Morgan fingerprint density at radius 1 is 0.828 bits per heavy atom. The van der Waals surface area contributed by atoms with E-state index in [0.717, 1.165) is 6.42 Å². The number of anilines is 1. The van der Waals surface area contributed by atoms with Gasteiger partial charge in [-0.05, 0) is 48.9 Å². The molecule has 5 heteroatoms. The fraction of sp³-hybridized carbons (Fsp3) is 0.167. The summed E-state index contributed by atoms with van der Waals surface area (Å²) in [4.78, 5) is 24.7. The molecule has 2 N–H and O–H groups in total. The molecular weight excluding hydrogens is 364 g/mol. The second kappa shape index (κ2) is 10.1. The molecule has 0 bridgehead atoms. The molecule has 5 nitrogen and oxygen atoms in total. The van der Waals surface area contributed by atoms with E-state index in [9.17, 15) is 9.59 Å². The third kappa shape index (κ3) is 5.69. The molecule has 2 amide bonds. The zero-order valence-electron chi connectivity index (χ0n) is 16.4. The summed E-state index contributed by atoms with van der Waals surface area (Å²) in [7, 11) is 0. The van der Waals surface area contributed by atoms with Gasteiger partial charge in [-0.1, -0.05) is 42.5 Å². The third-order valence-electron chi connectivity index (χ3n) is 4.38. The SMILES string of the molecule is CCNC(=O)c1ccccc1NC(=O)c1ccc(OCCc2ccccc2)cc1. The second-order valence-electron chi connectivity index (χ2n) is 6.47. The second-order valence-corrected chi connectivity index (χ2v) is 6.47. The van der Waals surface area contributed by atoms with Crippen molar-refractivity contribution in [2.75, 3.05) is 18.5 Å². The van der Waals surface area contributed by atoms with Crippen molar-refractivity contribution in [2.45, 2.75) is 13.3 Å². The molecule has 3 aromatic carbocycles. The molecule has 3 rings (SSSR count). The summed E-state index contributed by atoms with van der Waals surface area (Å²) in [6, 6.07) is 24.0. The molecule has 0 fully saturated rings. The largest absolute Gasteiger partial charge is 0.493 e. The number of ether oxygens (including phenoxy) is 1. The maximum Gasteiger partial charge on any atom is 0.255 e. The molecule has 0 radical (unpaired) electrons. The van der Waals surface area contributed by atoms with Crippen LogP contribution in [0.5, 0.6) is 5.75 Å². The number of nitrogens with one attached hydrogen (secondary N) is 2. The zero-order chi connectivity index (χ0) is 20.5. The van der Waals surface area contributed by atoms with Gasteiger partial charge < -0.3 is 15.4 Å². The number of amides is 2. The number of carbonyl (C=O) groups excluding carboxylic acids is 2. The molecule has 29 heavy (non-hydrogen) atoms. The maximum atomic E-state index is 12.6. The van der Waals surface area contributed by atoms with Crippen molar-refractivity contribution in [3.05, 3.63) is 95.6 Å². The van der Waals surface area contributed by atoms with E-state index in [-0.39, 0.29) is 11.8 Å². The van der Waals surface area contributed by atoms with E-state index in [0.29, 0.717) is 35.7 Å². The molecule has 0 aliphatic rings. The Balaban J connectivity index is 1.59. The van der Waals surface area contributed by atoms with E-state index < -0.39 is 0 Å². The first-order valence-corrected chi connectivity index (χ1v) is 9.62. The highest BCUT2D eigenvalue weighted by atomic mass is 16.5. The van der Waals surface area contributed by atoms with Crippen LogP contribution in [0.3, 0.4) is 0 Å². The lowest BCUT2D eigenvalue weighted by molar-refractivity contribution is 0.0956. The van der Waals surface area contributed by atoms with Crippen molar-refractivity contribution in [1.29, 1.82) is 0 Å². The van der Waals surface area contributed by atoms with Crippen molar-refractivity contribution >= 4 is 17.5 Å². The summed E-state index contributed by atoms with van der Waals surface area (Å²) < 4.78 is 5.76. The summed E-state index contributed by atoms with van der Waals surface area (Å²) in [6.45, 7) is 2.94. The molecule has 0 unspecified atom stereocenters. The first-order valence-electron chi connectivity index (χ1n) is 9.62. The smallest absolute Gasteiger partial charge is 0.255 e. The van der Waals surface area contributed by atoms with Gasteiger partial charge >= 0.3 is 0 Å². The van der Waals surface area contributed by atoms with E-state index in [1.165, 1.54) is 5.56 Å². The van der Waals surface area contributed by atoms with E-state index >= 15 is 0 Å². The molecule has 0 aliphatic heterocycles. The Morgan fingerprint density at radius 3 is 2.24 bits per heavy atom. The first-order chi connectivity index (χ1) is 14.2. The van der Waals surface area contributed by atoms with Crippen LogP contribution in [-0.2, 0) is 6.42 Å². The molecule has 0 saturated carbocycles. The lowest BCUT2D eigenvalue weighted by Crippen LogP contribution is -2.24. The number of hydrogen-bond donors (Lipinski definition) is 2. The fourth-order valence-electron chi connectivity index (χ4n) is 2.87. The molecule has 0 aromatic heterocycles. The molecule has 0 atom stereocenters. The highest BCUT2D eigenvalue weighted by molar-refractivity contribution is 6.09. The minimum Gasteiger partial charge on any atom is -0.493 e. The van der Waals surface area contributed by atoms with Crippen LogP contribution in [0, 0.1) is 0 Å². The maximum absolute atomic E-state index is 12.6. The van der Waals surface area contributed by atoms with Crippen LogP contribution in [0.2, 0.25) is 0 Å². The summed E-state index contributed by atoms with van der Waals surface area (Å²) in [5.74, 6) is 0.211. The number of benzene rings is 3. The Kier molecular flexibility index (Phi) is 7.00. The van der Waals surface area contributed by atoms with Crippen LogP contribution >= 0.6 is 0 Å². The van der Waals surface area contributed by atoms with E-state index in [2.05, 4.69) is 22.8 Å².